The molecule has 4 heteroatoms. The van der Waals surface area contributed by atoms with Crippen LogP contribution in [0.2, 0.25) is 0 Å². The van der Waals surface area contributed by atoms with E-state index in [1.165, 1.54) is 31.4 Å². The number of fused-ring (bicyclic) bond motifs is 1. The van der Waals surface area contributed by atoms with E-state index in [0.717, 1.165) is 24.2 Å². The fourth-order valence-corrected chi connectivity index (χ4v) is 3.18. The van der Waals surface area contributed by atoms with Crippen molar-refractivity contribution in [1.29, 1.82) is 5.41 Å². The summed E-state index contributed by atoms with van der Waals surface area (Å²) in [5.41, 5.74) is 2.03. The lowest BCUT2D eigenvalue weighted by molar-refractivity contribution is 0.0379. The van der Waals surface area contributed by atoms with E-state index in [1.807, 2.05) is 6.07 Å². The van der Waals surface area contributed by atoms with Gasteiger partial charge in [-0.15, -0.1) is 0 Å². The minimum absolute atomic E-state index is 0.201. The van der Waals surface area contributed by atoms with Gasteiger partial charge < -0.3 is 9.80 Å². The van der Waals surface area contributed by atoms with Gasteiger partial charge in [0.1, 0.15) is 11.7 Å². The van der Waals surface area contributed by atoms with Crippen molar-refractivity contribution in [1.82, 2.24) is 9.80 Å². The van der Waals surface area contributed by atoms with Crippen LogP contribution in [0.4, 0.5) is 4.39 Å². The number of likely N-dealkylation sites (N-methyl/N-ethyl adjacent to an activating group) is 1. The van der Waals surface area contributed by atoms with Crippen LogP contribution in [0.5, 0.6) is 0 Å². The Morgan fingerprint density at radius 3 is 2.68 bits per heavy atom. The Morgan fingerprint density at radius 2 is 2.11 bits per heavy atom. The lowest BCUT2D eigenvalue weighted by Gasteiger charge is -2.49. The predicted octanol–water partition coefficient (Wildman–Crippen LogP) is 2.45. The maximum Gasteiger partial charge on any atom is 0.128 e. The van der Waals surface area contributed by atoms with Crippen molar-refractivity contribution < 1.29 is 4.39 Å². The SMILES string of the molecule is CN(C)C1(CN2Cc3ccc(F)cc3C2=N)CCC1. The Kier molecular flexibility index (Phi) is 2.86. The normalized spacial score (nSPS) is 20.6. The fourth-order valence-electron chi connectivity index (χ4n) is 3.18. The molecule has 1 heterocycles. The van der Waals surface area contributed by atoms with Crippen LogP contribution in [0.1, 0.15) is 30.4 Å². The van der Waals surface area contributed by atoms with E-state index >= 15 is 0 Å². The molecule has 1 aromatic rings. The van der Waals surface area contributed by atoms with Crippen LogP contribution in [0.25, 0.3) is 0 Å². The molecule has 1 N–H and O–H groups in total. The minimum Gasteiger partial charge on any atom is -0.350 e. The largest absolute Gasteiger partial charge is 0.350 e. The molecule has 0 spiro atoms. The third-order valence-corrected chi connectivity index (χ3v) is 4.72. The van der Waals surface area contributed by atoms with Gasteiger partial charge in [0.05, 0.1) is 0 Å². The molecule has 0 unspecified atom stereocenters. The zero-order chi connectivity index (χ0) is 13.6. The summed E-state index contributed by atoms with van der Waals surface area (Å²) in [6.07, 6.45) is 3.64. The van der Waals surface area contributed by atoms with Crippen LogP contribution in [0, 0.1) is 11.2 Å². The highest BCUT2D eigenvalue weighted by molar-refractivity contribution is 6.00. The van der Waals surface area contributed by atoms with Crippen LogP contribution < -0.4 is 0 Å². The zero-order valence-corrected chi connectivity index (χ0v) is 11.5. The summed E-state index contributed by atoms with van der Waals surface area (Å²) >= 11 is 0. The number of hydrogen-bond acceptors (Lipinski definition) is 2. The first-order chi connectivity index (χ1) is 9.02. The van der Waals surface area contributed by atoms with Gasteiger partial charge in [0.25, 0.3) is 0 Å². The second-order valence-electron chi connectivity index (χ2n) is 5.98. The first kappa shape index (κ1) is 12.6. The molecule has 1 aliphatic carbocycles. The van der Waals surface area contributed by atoms with Crippen LogP contribution in [-0.4, -0.2) is 41.8 Å². The molecule has 0 amide bonds. The molecule has 0 atom stereocenters. The van der Waals surface area contributed by atoms with E-state index in [4.69, 9.17) is 5.41 Å². The summed E-state index contributed by atoms with van der Waals surface area (Å²) < 4.78 is 13.3. The van der Waals surface area contributed by atoms with Gasteiger partial charge >= 0.3 is 0 Å². The fraction of sp³-hybridized carbons (Fsp3) is 0.533. The number of rotatable bonds is 3. The Balaban J connectivity index is 1.81. The molecule has 1 aromatic carbocycles. The van der Waals surface area contributed by atoms with E-state index in [-0.39, 0.29) is 11.4 Å². The maximum absolute atomic E-state index is 13.3. The van der Waals surface area contributed by atoms with E-state index in [2.05, 4.69) is 23.9 Å². The van der Waals surface area contributed by atoms with Gasteiger partial charge in [-0.2, -0.15) is 0 Å². The molecule has 1 aliphatic heterocycles. The number of benzene rings is 1. The van der Waals surface area contributed by atoms with Crippen molar-refractivity contribution >= 4 is 5.84 Å². The monoisotopic (exact) mass is 261 g/mol. The number of nitrogens with zero attached hydrogens (tertiary/aromatic N) is 2. The third-order valence-electron chi connectivity index (χ3n) is 4.72. The molecule has 0 bridgehead atoms. The van der Waals surface area contributed by atoms with E-state index in [9.17, 15) is 4.39 Å². The van der Waals surface area contributed by atoms with E-state index in [0.29, 0.717) is 5.84 Å². The molecule has 19 heavy (non-hydrogen) atoms. The second kappa shape index (κ2) is 4.30. The quantitative estimate of drug-likeness (QED) is 0.906. The lowest BCUT2D eigenvalue weighted by atomic mass is 9.75. The van der Waals surface area contributed by atoms with Crippen LogP contribution >= 0.6 is 0 Å². The van der Waals surface area contributed by atoms with E-state index < -0.39 is 0 Å². The Morgan fingerprint density at radius 1 is 1.37 bits per heavy atom. The summed E-state index contributed by atoms with van der Waals surface area (Å²) in [4.78, 5) is 4.37. The van der Waals surface area contributed by atoms with Crippen LogP contribution in [0.3, 0.4) is 0 Å². The summed E-state index contributed by atoms with van der Waals surface area (Å²) in [5, 5.41) is 8.25. The summed E-state index contributed by atoms with van der Waals surface area (Å²) in [7, 11) is 4.23. The van der Waals surface area contributed by atoms with Crippen LogP contribution in [0.15, 0.2) is 18.2 Å². The minimum atomic E-state index is -0.253. The Hall–Kier alpha value is -1.42. The van der Waals surface area contributed by atoms with Gasteiger partial charge in [0, 0.05) is 24.2 Å². The van der Waals surface area contributed by atoms with Gasteiger partial charge in [0.2, 0.25) is 0 Å². The number of halogens is 1. The molecule has 0 aromatic heterocycles. The first-order valence-corrected chi connectivity index (χ1v) is 6.82. The van der Waals surface area contributed by atoms with Gasteiger partial charge in [-0.1, -0.05) is 6.07 Å². The molecule has 3 rings (SSSR count). The zero-order valence-electron chi connectivity index (χ0n) is 11.5. The highest BCUT2D eigenvalue weighted by Gasteiger charge is 2.42. The van der Waals surface area contributed by atoms with Gasteiger partial charge in [-0.3, -0.25) is 5.41 Å². The molecule has 1 fully saturated rings. The van der Waals surface area contributed by atoms with Crippen molar-refractivity contribution in [3.8, 4) is 0 Å². The predicted molar refractivity (Wildman–Crippen MR) is 73.9 cm³/mol. The molecular formula is C15H20FN3. The molecule has 1 saturated carbocycles. The summed E-state index contributed by atoms with van der Waals surface area (Å²) in [5.74, 6) is 0.221. The summed E-state index contributed by atoms with van der Waals surface area (Å²) in [6, 6.07) is 4.78. The molecule has 0 saturated heterocycles. The van der Waals surface area contributed by atoms with Crippen molar-refractivity contribution in [3.63, 3.8) is 0 Å². The first-order valence-electron chi connectivity index (χ1n) is 6.82. The number of amidine groups is 1. The van der Waals surface area contributed by atoms with Gasteiger partial charge in [-0.05, 0) is 51.1 Å². The number of hydrogen-bond donors (Lipinski definition) is 1. The van der Waals surface area contributed by atoms with Gasteiger partial charge in [0.15, 0.2) is 0 Å². The van der Waals surface area contributed by atoms with Crippen molar-refractivity contribution in [2.75, 3.05) is 20.6 Å². The highest BCUT2D eigenvalue weighted by Crippen LogP contribution is 2.38. The smallest absolute Gasteiger partial charge is 0.128 e. The maximum atomic E-state index is 13.3. The Bertz CT molecular complexity index is 520. The molecule has 2 aliphatic rings. The second-order valence-corrected chi connectivity index (χ2v) is 5.98. The number of nitrogens with one attached hydrogen (secondary N) is 1. The molecule has 3 nitrogen and oxygen atoms in total. The van der Waals surface area contributed by atoms with Crippen molar-refractivity contribution in [2.24, 2.45) is 0 Å². The third kappa shape index (κ3) is 1.94. The highest BCUT2D eigenvalue weighted by atomic mass is 19.1. The molecule has 0 radical (unpaired) electrons. The lowest BCUT2D eigenvalue weighted by Crippen LogP contribution is -2.57. The summed E-state index contributed by atoms with van der Waals surface area (Å²) in [6.45, 7) is 1.61. The van der Waals surface area contributed by atoms with Gasteiger partial charge in [-0.25, -0.2) is 4.39 Å². The van der Waals surface area contributed by atoms with E-state index in [1.54, 1.807) is 0 Å². The topological polar surface area (TPSA) is 30.3 Å². The molecular weight excluding hydrogens is 241 g/mol. The Labute approximate surface area is 113 Å². The van der Waals surface area contributed by atoms with Crippen molar-refractivity contribution in [3.05, 3.63) is 35.1 Å². The standard InChI is InChI=1S/C15H20FN3/c1-18(2)15(6-3-7-15)10-19-9-11-4-5-12(16)8-13(11)14(19)17/h4-5,8,17H,3,6-7,9-10H2,1-2H3. The average Bonchev–Trinajstić information content (AvgIpc) is 2.61. The van der Waals surface area contributed by atoms with Crippen molar-refractivity contribution in [2.45, 2.75) is 31.3 Å². The average molecular weight is 261 g/mol. The van der Waals surface area contributed by atoms with Crippen LogP contribution in [-0.2, 0) is 6.54 Å². The molecule has 102 valence electrons.